The predicted molar refractivity (Wildman–Crippen MR) is 72.8 cm³/mol. The first-order valence-corrected chi connectivity index (χ1v) is 6.68. The van der Waals surface area contributed by atoms with Gasteiger partial charge in [-0.3, -0.25) is 9.69 Å². The van der Waals surface area contributed by atoms with Gasteiger partial charge in [0.1, 0.15) is 5.82 Å². The number of pyridine rings is 1. The summed E-state index contributed by atoms with van der Waals surface area (Å²) in [6, 6.07) is 3.91. The molecule has 0 aliphatic carbocycles. The summed E-state index contributed by atoms with van der Waals surface area (Å²) in [4.78, 5) is 18.2. The summed E-state index contributed by atoms with van der Waals surface area (Å²) in [6.07, 6.45) is 5.14. The van der Waals surface area contributed by atoms with Crippen molar-refractivity contribution < 1.29 is 4.79 Å². The number of nitrogens with zero attached hydrogens (tertiary/aromatic N) is 2. The molecule has 0 radical (unpaired) electrons. The second kappa shape index (κ2) is 6.16. The van der Waals surface area contributed by atoms with E-state index in [1.165, 1.54) is 25.5 Å². The van der Waals surface area contributed by atoms with Gasteiger partial charge in [0.05, 0.1) is 11.6 Å². The van der Waals surface area contributed by atoms with Gasteiger partial charge in [-0.25, -0.2) is 4.98 Å². The van der Waals surface area contributed by atoms with Crippen LogP contribution in [-0.4, -0.2) is 34.9 Å². The molecule has 1 atom stereocenters. The van der Waals surface area contributed by atoms with Crippen molar-refractivity contribution in [3.8, 4) is 0 Å². The highest BCUT2D eigenvalue weighted by atomic mass is 35.5. The van der Waals surface area contributed by atoms with Crippen molar-refractivity contribution >= 4 is 23.3 Å². The minimum atomic E-state index is -0.0152. The molecule has 1 unspecified atom stereocenters. The largest absolute Gasteiger partial charge is 0.310 e. The quantitative estimate of drug-likeness (QED) is 0.915. The molecule has 1 saturated heterocycles. The van der Waals surface area contributed by atoms with Crippen LogP contribution in [0.4, 0.5) is 5.82 Å². The van der Waals surface area contributed by atoms with Crippen LogP contribution < -0.4 is 5.32 Å². The van der Waals surface area contributed by atoms with Crippen molar-refractivity contribution in [3.63, 3.8) is 0 Å². The third-order valence-corrected chi connectivity index (χ3v) is 3.51. The first kappa shape index (κ1) is 13.3. The first-order chi connectivity index (χ1) is 8.65. The lowest BCUT2D eigenvalue weighted by molar-refractivity contribution is -0.118. The average Bonchev–Trinajstić information content (AvgIpc) is 2.35. The molecule has 1 aromatic heterocycles. The Morgan fingerprint density at radius 2 is 2.39 bits per heavy atom. The molecule has 1 fully saturated rings. The molecule has 1 N–H and O–H groups in total. The van der Waals surface area contributed by atoms with Crippen LogP contribution in [-0.2, 0) is 4.79 Å². The van der Waals surface area contributed by atoms with Gasteiger partial charge < -0.3 is 5.32 Å². The van der Waals surface area contributed by atoms with E-state index in [4.69, 9.17) is 11.6 Å². The second-order valence-electron chi connectivity index (χ2n) is 4.73. The van der Waals surface area contributed by atoms with Crippen LogP contribution >= 0.6 is 11.6 Å². The molecule has 98 valence electrons. The molecule has 0 bridgehead atoms. The number of halogens is 1. The van der Waals surface area contributed by atoms with E-state index in [2.05, 4.69) is 22.1 Å². The highest BCUT2D eigenvalue weighted by molar-refractivity contribution is 6.30. The Hall–Kier alpha value is -1.13. The number of hydrogen-bond acceptors (Lipinski definition) is 3. The fourth-order valence-corrected chi connectivity index (χ4v) is 2.32. The van der Waals surface area contributed by atoms with Crippen LogP contribution in [0.1, 0.15) is 26.2 Å². The summed E-state index contributed by atoms with van der Waals surface area (Å²) in [5.74, 6) is 0.535. The van der Waals surface area contributed by atoms with Crippen molar-refractivity contribution in [2.45, 2.75) is 32.2 Å². The van der Waals surface area contributed by atoms with E-state index in [-0.39, 0.29) is 5.91 Å². The summed E-state index contributed by atoms with van der Waals surface area (Å²) in [7, 11) is 0. The van der Waals surface area contributed by atoms with Crippen molar-refractivity contribution in [1.29, 1.82) is 0 Å². The van der Waals surface area contributed by atoms with Crippen LogP contribution in [0.2, 0.25) is 5.02 Å². The van der Waals surface area contributed by atoms with Gasteiger partial charge >= 0.3 is 0 Å². The minimum Gasteiger partial charge on any atom is -0.310 e. The van der Waals surface area contributed by atoms with Gasteiger partial charge in [0.25, 0.3) is 0 Å². The second-order valence-corrected chi connectivity index (χ2v) is 5.16. The van der Waals surface area contributed by atoms with Crippen LogP contribution in [0.25, 0.3) is 0 Å². The SMILES string of the molecule is CC1CCCCN1CC(=O)Nc1ccc(Cl)cn1. The highest BCUT2D eigenvalue weighted by Crippen LogP contribution is 2.16. The normalized spacial score (nSPS) is 20.7. The zero-order valence-electron chi connectivity index (χ0n) is 10.5. The summed E-state index contributed by atoms with van der Waals surface area (Å²) in [6.45, 7) is 3.61. The summed E-state index contributed by atoms with van der Waals surface area (Å²) in [5.41, 5.74) is 0. The smallest absolute Gasteiger partial charge is 0.239 e. The molecular formula is C13H18ClN3O. The minimum absolute atomic E-state index is 0.0152. The van der Waals surface area contributed by atoms with Crippen LogP contribution in [0, 0.1) is 0 Å². The topological polar surface area (TPSA) is 45.2 Å². The van der Waals surface area contributed by atoms with Gasteiger partial charge in [-0.15, -0.1) is 0 Å². The molecule has 0 saturated carbocycles. The zero-order chi connectivity index (χ0) is 13.0. The van der Waals surface area contributed by atoms with Gasteiger partial charge in [0.15, 0.2) is 0 Å². The number of anilines is 1. The number of nitrogens with one attached hydrogen (secondary N) is 1. The van der Waals surface area contributed by atoms with Crippen LogP contribution in [0.3, 0.4) is 0 Å². The zero-order valence-corrected chi connectivity index (χ0v) is 11.3. The summed E-state index contributed by atoms with van der Waals surface area (Å²) >= 11 is 5.74. The van der Waals surface area contributed by atoms with Gasteiger partial charge in [-0.1, -0.05) is 18.0 Å². The molecule has 0 aromatic carbocycles. The van der Waals surface area contributed by atoms with Crippen molar-refractivity contribution in [3.05, 3.63) is 23.4 Å². The Labute approximate surface area is 112 Å². The highest BCUT2D eigenvalue weighted by Gasteiger charge is 2.20. The third-order valence-electron chi connectivity index (χ3n) is 3.28. The molecule has 5 heteroatoms. The fourth-order valence-electron chi connectivity index (χ4n) is 2.21. The van der Waals surface area contributed by atoms with E-state index in [1.807, 2.05) is 0 Å². The first-order valence-electron chi connectivity index (χ1n) is 6.30. The van der Waals surface area contributed by atoms with Crippen molar-refractivity contribution in [2.75, 3.05) is 18.4 Å². The van der Waals surface area contributed by atoms with Gasteiger partial charge in [0, 0.05) is 12.2 Å². The Morgan fingerprint density at radius 3 is 3.06 bits per heavy atom. The van der Waals surface area contributed by atoms with Crippen LogP contribution in [0.15, 0.2) is 18.3 Å². The molecule has 1 amide bonds. The number of piperidine rings is 1. The number of carbonyl (C=O) groups is 1. The van der Waals surface area contributed by atoms with Gasteiger partial charge in [-0.2, -0.15) is 0 Å². The van der Waals surface area contributed by atoms with E-state index in [0.717, 1.165) is 6.54 Å². The molecule has 1 aliphatic heterocycles. The molecule has 1 aliphatic rings. The van der Waals surface area contributed by atoms with Gasteiger partial charge in [0.2, 0.25) is 5.91 Å². The molecule has 0 spiro atoms. The summed E-state index contributed by atoms with van der Waals surface area (Å²) in [5, 5.41) is 3.35. The molecule has 2 rings (SSSR count). The monoisotopic (exact) mass is 267 g/mol. The Morgan fingerprint density at radius 1 is 1.56 bits per heavy atom. The van der Waals surface area contributed by atoms with E-state index in [0.29, 0.717) is 23.4 Å². The van der Waals surface area contributed by atoms with E-state index < -0.39 is 0 Å². The fraction of sp³-hybridized carbons (Fsp3) is 0.538. The summed E-state index contributed by atoms with van der Waals surface area (Å²) < 4.78 is 0. The standard InChI is InChI=1S/C13H18ClN3O/c1-10-4-2-3-7-17(10)9-13(18)16-12-6-5-11(14)8-15-12/h5-6,8,10H,2-4,7,9H2,1H3,(H,15,16,18). The lowest BCUT2D eigenvalue weighted by Gasteiger charge is -2.32. The number of likely N-dealkylation sites (tertiary alicyclic amines) is 1. The van der Waals surface area contributed by atoms with E-state index >= 15 is 0 Å². The Balaban J connectivity index is 1.86. The van der Waals surface area contributed by atoms with Crippen molar-refractivity contribution in [2.24, 2.45) is 0 Å². The van der Waals surface area contributed by atoms with E-state index in [9.17, 15) is 4.79 Å². The number of amides is 1. The molecule has 18 heavy (non-hydrogen) atoms. The number of hydrogen-bond donors (Lipinski definition) is 1. The van der Waals surface area contributed by atoms with Crippen LogP contribution in [0.5, 0.6) is 0 Å². The van der Waals surface area contributed by atoms with E-state index in [1.54, 1.807) is 12.1 Å². The Kier molecular flexibility index (Phi) is 4.55. The van der Waals surface area contributed by atoms with Crippen molar-refractivity contribution in [1.82, 2.24) is 9.88 Å². The maximum atomic E-state index is 11.9. The number of rotatable bonds is 3. The maximum Gasteiger partial charge on any atom is 0.239 e. The molecule has 4 nitrogen and oxygen atoms in total. The Bertz CT molecular complexity index is 407. The lowest BCUT2D eigenvalue weighted by Crippen LogP contribution is -2.42. The number of aromatic nitrogens is 1. The number of carbonyl (C=O) groups excluding carboxylic acids is 1. The third kappa shape index (κ3) is 3.68. The van der Waals surface area contributed by atoms with Gasteiger partial charge in [-0.05, 0) is 38.4 Å². The average molecular weight is 268 g/mol. The maximum absolute atomic E-state index is 11.9. The lowest BCUT2D eigenvalue weighted by atomic mass is 10.0. The molecule has 2 heterocycles. The molecular weight excluding hydrogens is 250 g/mol. The molecule has 1 aromatic rings. The predicted octanol–water partition coefficient (Wildman–Crippen LogP) is 2.55.